The van der Waals surface area contributed by atoms with Gasteiger partial charge in [0, 0.05) is 11.6 Å². The molecule has 1 aromatic rings. The molecule has 0 saturated carbocycles. The number of halogens is 3. The number of nitrogens with one attached hydrogen (secondary N) is 1. The van der Waals surface area contributed by atoms with Gasteiger partial charge < -0.3 is 10.1 Å². The number of para-hydroxylation sites is 1. The van der Waals surface area contributed by atoms with E-state index in [0.29, 0.717) is 5.56 Å². The Morgan fingerprint density at radius 1 is 1.29 bits per heavy atom. The summed E-state index contributed by atoms with van der Waals surface area (Å²) in [4.78, 5) is 0. The first-order valence-corrected chi connectivity index (χ1v) is 5.50. The van der Waals surface area contributed by atoms with Crippen LogP contribution in [0.25, 0.3) is 0 Å². The third-order valence-electron chi connectivity index (χ3n) is 2.45. The second-order valence-electron chi connectivity index (χ2n) is 3.72. The van der Waals surface area contributed by atoms with Crippen molar-refractivity contribution in [2.24, 2.45) is 0 Å². The van der Waals surface area contributed by atoms with E-state index in [-0.39, 0.29) is 11.8 Å². The predicted octanol–water partition coefficient (Wildman–Crippen LogP) is 3.65. The van der Waals surface area contributed by atoms with Gasteiger partial charge in [-0.25, -0.2) is 0 Å². The largest absolute Gasteiger partial charge is 0.573 e. The fourth-order valence-electron chi connectivity index (χ4n) is 1.73. The van der Waals surface area contributed by atoms with Gasteiger partial charge in [-0.3, -0.25) is 0 Å². The molecule has 1 unspecified atom stereocenters. The molecule has 1 rings (SSSR count). The van der Waals surface area contributed by atoms with Gasteiger partial charge in [0.2, 0.25) is 0 Å². The van der Waals surface area contributed by atoms with Gasteiger partial charge in [0.15, 0.2) is 0 Å². The average molecular weight is 247 g/mol. The molecular formula is C12H16F3NO. The maximum Gasteiger partial charge on any atom is 0.573 e. The van der Waals surface area contributed by atoms with Crippen molar-refractivity contribution in [2.75, 3.05) is 7.05 Å². The van der Waals surface area contributed by atoms with Gasteiger partial charge >= 0.3 is 6.36 Å². The quantitative estimate of drug-likeness (QED) is 0.857. The van der Waals surface area contributed by atoms with Gasteiger partial charge in [0.1, 0.15) is 5.75 Å². The Morgan fingerprint density at radius 3 is 2.47 bits per heavy atom. The molecule has 17 heavy (non-hydrogen) atoms. The minimum absolute atomic E-state index is 0.126. The van der Waals surface area contributed by atoms with Crippen LogP contribution < -0.4 is 10.1 Å². The molecule has 0 bridgehead atoms. The van der Waals surface area contributed by atoms with Crippen molar-refractivity contribution in [3.8, 4) is 5.75 Å². The molecule has 96 valence electrons. The number of alkyl halides is 3. The molecular weight excluding hydrogens is 231 g/mol. The normalized spacial score (nSPS) is 13.5. The summed E-state index contributed by atoms with van der Waals surface area (Å²) in [5.41, 5.74) is 0.536. The van der Waals surface area contributed by atoms with Crippen LogP contribution >= 0.6 is 0 Å². The molecule has 0 fully saturated rings. The molecule has 0 radical (unpaired) electrons. The Bertz CT molecular complexity index is 352. The van der Waals surface area contributed by atoms with Gasteiger partial charge in [-0.05, 0) is 19.5 Å². The second kappa shape index (κ2) is 5.91. The highest BCUT2D eigenvalue weighted by Crippen LogP contribution is 2.31. The lowest BCUT2D eigenvalue weighted by Crippen LogP contribution is -2.21. The summed E-state index contributed by atoms with van der Waals surface area (Å²) in [6.07, 6.45) is -3.01. The number of hydrogen-bond donors (Lipinski definition) is 1. The molecule has 0 amide bonds. The van der Waals surface area contributed by atoms with Crippen LogP contribution in [-0.2, 0) is 0 Å². The van der Waals surface area contributed by atoms with Gasteiger partial charge in [0.05, 0.1) is 0 Å². The lowest BCUT2D eigenvalue weighted by atomic mass is 10.0. The lowest BCUT2D eigenvalue weighted by molar-refractivity contribution is -0.275. The van der Waals surface area contributed by atoms with Crippen LogP contribution in [0.4, 0.5) is 13.2 Å². The van der Waals surface area contributed by atoms with Crippen LogP contribution in [0.15, 0.2) is 24.3 Å². The highest BCUT2D eigenvalue weighted by atomic mass is 19.4. The van der Waals surface area contributed by atoms with Crippen LogP contribution in [0.3, 0.4) is 0 Å². The lowest BCUT2D eigenvalue weighted by Gasteiger charge is -2.20. The molecule has 0 aliphatic carbocycles. The fourth-order valence-corrected chi connectivity index (χ4v) is 1.73. The van der Waals surface area contributed by atoms with Crippen LogP contribution in [0.1, 0.15) is 31.4 Å². The summed E-state index contributed by atoms with van der Waals surface area (Å²) in [5, 5.41) is 3.00. The zero-order valence-corrected chi connectivity index (χ0v) is 9.84. The molecule has 0 aliphatic heterocycles. The fraction of sp³-hybridized carbons (Fsp3) is 0.500. The highest BCUT2D eigenvalue weighted by molar-refractivity contribution is 5.36. The summed E-state index contributed by atoms with van der Waals surface area (Å²) >= 11 is 0. The summed E-state index contributed by atoms with van der Waals surface area (Å²) < 4.78 is 40.7. The monoisotopic (exact) mass is 247 g/mol. The van der Waals surface area contributed by atoms with Gasteiger partial charge in [-0.15, -0.1) is 13.2 Å². The molecule has 1 aromatic carbocycles. The van der Waals surface area contributed by atoms with Crippen molar-refractivity contribution in [1.29, 1.82) is 0 Å². The van der Waals surface area contributed by atoms with Crippen LogP contribution in [0.2, 0.25) is 0 Å². The van der Waals surface area contributed by atoms with Crippen molar-refractivity contribution in [3.05, 3.63) is 29.8 Å². The minimum atomic E-state index is -4.65. The van der Waals surface area contributed by atoms with Crippen molar-refractivity contribution < 1.29 is 17.9 Å². The zero-order valence-electron chi connectivity index (χ0n) is 9.84. The zero-order chi connectivity index (χ0) is 12.9. The van der Waals surface area contributed by atoms with E-state index >= 15 is 0 Å². The molecule has 0 aromatic heterocycles. The van der Waals surface area contributed by atoms with E-state index in [2.05, 4.69) is 10.1 Å². The summed E-state index contributed by atoms with van der Waals surface area (Å²) in [5.74, 6) is -0.132. The van der Waals surface area contributed by atoms with E-state index in [0.717, 1.165) is 12.8 Å². The molecule has 1 N–H and O–H groups in total. The first-order valence-electron chi connectivity index (χ1n) is 5.50. The second-order valence-corrected chi connectivity index (χ2v) is 3.72. The molecule has 0 saturated heterocycles. The Hall–Kier alpha value is -1.23. The molecule has 2 nitrogen and oxygen atoms in total. The summed E-state index contributed by atoms with van der Waals surface area (Å²) in [6.45, 7) is 1.98. The van der Waals surface area contributed by atoms with E-state index in [4.69, 9.17) is 0 Å². The number of benzene rings is 1. The predicted molar refractivity (Wildman–Crippen MR) is 59.8 cm³/mol. The molecule has 0 spiro atoms. The van der Waals surface area contributed by atoms with Crippen molar-refractivity contribution in [2.45, 2.75) is 32.2 Å². The summed E-state index contributed by atoms with van der Waals surface area (Å²) in [7, 11) is 1.73. The first kappa shape index (κ1) is 13.8. The number of hydrogen-bond acceptors (Lipinski definition) is 2. The topological polar surface area (TPSA) is 21.3 Å². The Morgan fingerprint density at radius 2 is 1.94 bits per heavy atom. The van der Waals surface area contributed by atoms with E-state index in [9.17, 15) is 13.2 Å². The Kier molecular flexibility index (Phi) is 4.81. The molecule has 0 aliphatic rings. The third-order valence-corrected chi connectivity index (χ3v) is 2.45. The third kappa shape index (κ3) is 4.26. The van der Waals surface area contributed by atoms with Gasteiger partial charge in [-0.2, -0.15) is 0 Å². The number of ether oxygens (including phenoxy) is 1. The van der Waals surface area contributed by atoms with Crippen LogP contribution in [0, 0.1) is 0 Å². The SMILES string of the molecule is CCCC(NC)c1ccccc1OC(F)(F)F. The minimum Gasteiger partial charge on any atom is -0.405 e. The van der Waals surface area contributed by atoms with Crippen LogP contribution in [-0.4, -0.2) is 13.4 Å². The standard InChI is InChI=1S/C12H16F3NO/c1-3-6-10(16-2)9-7-4-5-8-11(9)17-12(13,14)15/h4-5,7-8,10,16H,3,6H2,1-2H3. The van der Waals surface area contributed by atoms with E-state index < -0.39 is 6.36 Å². The Labute approximate surface area is 98.8 Å². The first-order chi connectivity index (χ1) is 7.98. The highest BCUT2D eigenvalue weighted by Gasteiger charge is 2.32. The van der Waals surface area contributed by atoms with Crippen molar-refractivity contribution >= 4 is 0 Å². The molecule has 5 heteroatoms. The van der Waals surface area contributed by atoms with E-state index in [1.807, 2.05) is 6.92 Å². The molecule has 0 heterocycles. The van der Waals surface area contributed by atoms with Crippen molar-refractivity contribution in [1.82, 2.24) is 5.32 Å². The van der Waals surface area contributed by atoms with Gasteiger partial charge in [0.25, 0.3) is 0 Å². The number of rotatable bonds is 5. The smallest absolute Gasteiger partial charge is 0.405 e. The maximum atomic E-state index is 12.2. The van der Waals surface area contributed by atoms with Crippen LogP contribution in [0.5, 0.6) is 5.75 Å². The maximum absolute atomic E-state index is 12.2. The Balaban J connectivity index is 2.97. The van der Waals surface area contributed by atoms with E-state index in [1.165, 1.54) is 12.1 Å². The average Bonchev–Trinajstić information content (AvgIpc) is 2.25. The van der Waals surface area contributed by atoms with E-state index in [1.54, 1.807) is 19.2 Å². The van der Waals surface area contributed by atoms with Crippen molar-refractivity contribution in [3.63, 3.8) is 0 Å². The van der Waals surface area contributed by atoms with Gasteiger partial charge in [-0.1, -0.05) is 31.5 Å². The molecule has 1 atom stereocenters. The summed E-state index contributed by atoms with van der Waals surface area (Å²) in [6, 6.07) is 6.10.